The lowest BCUT2D eigenvalue weighted by Gasteiger charge is -2.14. The van der Waals surface area contributed by atoms with Crippen LogP contribution in [-0.2, 0) is 9.59 Å². The van der Waals surface area contributed by atoms with Crippen LogP contribution in [0.3, 0.4) is 0 Å². The molecule has 0 aliphatic rings. The molecule has 1 aromatic carbocycles. The minimum atomic E-state index is -1.34. The van der Waals surface area contributed by atoms with Gasteiger partial charge in [-0.2, -0.15) is 0 Å². The van der Waals surface area contributed by atoms with Gasteiger partial charge >= 0.3 is 12.0 Å². The van der Waals surface area contributed by atoms with E-state index in [4.69, 9.17) is 22.4 Å². The molecular formula is C12H13ClFN3O4. The Morgan fingerprint density at radius 3 is 2.62 bits per heavy atom. The van der Waals surface area contributed by atoms with Gasteiger partial charge in [0.25, 0.3) is 0 Å². The third-order valence-corrected chi connectivity index (χ3v) is 2.69. The van der Waals surface area contributed by atoms with Gasteiger partial charge in [-0.15, -0.1) is 0 Å². The van der Waals surface area contributed by atoms with Crippen LogP contribution >= 0.6 is 11.6 Å². The Morgan fingerprint density at radius 1 is 1.38 bits per heavy atom. The van der Waals surface area contributed by atoms with E-state index in [0.717, 1.165) is 6.07 Å². The van der Waals surface area contributed by atoms with Crippen molar-refractivity contribution >= 4 is 35.2 Å². The Bertz CT molecular complexity index is 567. The molecule has 1 unspecified atom stereocenters. The number of carboxylic acids is 1. The van der Waals surface area contributed by atoms with Crippen LogP contribution in [0.5, 0.6) is 0 Å². The van der Waals surface area contributed by atoms with Gasteiger partial charge in [0.15, 0.2) is 0 Å². The van der Waals surface area contributed by atoms with E-state index in [9.17, 15) is 18.8 Å². The van der Waals surface area contributed by atoms with Gasteiger partial charge in [-0.05, 0) is 24.6 Å². The largest absolute Gasteiger partial charge is 0.480 e. The molecule has 0 spiro atoms. The maximum Gasteiger partial charge on any atom is 0.326 e. The number of primary amides is 1. The summed E-state index contributed by atoms with van der Waals surface area (Å²) in [7, 11) is 0. The summed E-state index contributed by atoms with van der Waals surface area (Å²) in [6.45, 7) is 0. The van der Waals surface area contributed by atoms with E-state index in [-0.39, 0.29) is 23.6 Å². The van der Waals surface area contributed by atoms with Crippen molar-refractivity contribution in [3.63, 3.8) is 0 Å². The molecule has 1 rings (SSSR count). The highest BCUT2D eigenvalue weighted by atomic mass is 35.5. The van der Waals surface area contributed by atoms with Crippen LogP contribution in [-0.4, -0.2) is 29.1 Å². The molecule has 0 aromatic heterocycles. The fraction of sp³-hybridized carbons (Fsp3) is 0.250. The number of amides is 3. The van der Waals surface area contributed by atoms with Crippen molar-refractivity contribution in [1.29, 1.82) is 0 Å². The van der Waals surface area contributed by atoms with Crippen molar-refractivity contribution < 1.29 is 23.9 Å². The number of anilines is 1. The fourth-order valence-electron chi connectivity index (χ4n) is 1.45. The molecule has 0 bridgehead atoms. The summed E-state index contributed by atoms with van der Waals surface area (Å²) < 4.78 is 13.4. The van der Waals surface area contributed by atoms with Crippen molar-refractivity contribution in [1.82, 2.24) is 5.32 Å². The topological polar surface area (TPSA) is 122 Å². The summed E-state index contributed by atoms with van der Waals surface area (Å²) in [6.07, 6.45) is -0.376. The minimum absolute atomic E-state index is 0.171. The summed E-state index contributed by atoms with van der Waals surface area (Å²) in [6, 6.07) is 1.27. The predicted octanol–water partition coefficient (Wildman–Crippen LogP) is 1.32. The zero-order chi connectivity index (χ0) is 16.0. The summed E-state index contributed by atoms with van der Waals surface area (Å²) in [4.78, 5) is 33.2. The van der Waals surface area contributed by atoms with Gasteiger partial charge in [0.05, 0.1) is 5.69 Å². The van der Waals surface area contributed by atoms with Crippen LogP contribution in [0, 0.1) is 5.82 Å². The van der Waals surface area contributed by atoms with E-state index in [1.165, 1.54) is 12.1 Å². The van der Waals surface area contributed by atoms with Gasteiger partial charge in [-0.3, -0.25) is 4.79 Å². The molecule has 0 saturated carbocycles. The highest BCUT2D eigenvalue weighted by Crippen LogP contribution is 2.19. The Kier molecular flexibility index (Phi) is 5.92. The van der Waals surface area contributed by atoms with Gasteiger partial charge in [-0.25, -0.2) is 14.0 Å². The first-order chi connectivity index (χ1) is 9.79. The molecule has 3 amide bonds. The van der Waals surface area contributed by atoms with E-state index in [2.05, 4.69) is 10.6 Å². The van der Waals surface area contributed by atoms with E-state index in [0.29, 0.717) is 0 Å². The molecule has 0 aliphatic carbocycles. The highest BCUT2D eigenvalue weighted by Gasteiger charge is 2.21. The second-order valence-electron chi connectivity index (χ2n) is 4.12. The quantitative estimate of drug-likeness (QED) is 0.632. The molecule has 0 aliphatic heterocycles. The second-order valence-corrected chi connectivity index (χ2v) is 4.55. The SMILES string of the molecule is NC(=O)CCC(NC(=O)Nc1cc(Cl)ccc1F)C(=O)O. The van der Waals surface area contributed by atoms with E-state index in [1.54, 1.807) is 0 Å². The number of rotatable bonds is 6. The van der Waals surface area contributed by atoms with Gasteiger partial charge < -0.3 is 21.5 Å². The van der Waals surface area contributed by atoms with Crippen LogP contribution in [0.4, 0.5) is 14.9 Å². The van der Waals surface area contributed by atoms with Crippen LogP contribution < -0.4 is 16.4 Å². The Morgan fingerprint density at radius 2 is 2.05 bits per heavy atom. The Hall–Kier alpha value is -2.35. The smallest absolute Gasteiger partial charge is 0.326 e. The molecule has 21 heavy (non-hydrogen) atoms. The number of hydrogen-bond donors (Lipinski definition) is 4. The number of urea groups is 1. The van der Waals surface area contributed by atoms with Gasteiger partial charge in [0, 0.05) is 11.4 Å². The van der Waals surface area contributed by atoms with Crippen molar-refractivity contribution in [2.45, 2.75) is 18.9 Å². The molecule has 0 saturated heterocycles. The number of carboxylic acid groups (broad SMARTS) is 1. The Labute approximate surface area is 124 Å². The third kappa shape index (κ3) is 5.65. The number of halogens is 2. The van der Waals surface area contributed by atoms with Crippen LogP contribution in [0.2, 0.25) is 5.02 Å². The fourth-order valence-corrected chi connectivity index (χ4v) is 1.63. The normalized spacial score (nSPS) is 11.5. The van der Waals surface area contributed by atoms with E-state index in [1.807, 2.05) is 0 Å². The molecule has 7 nitrogen and oxygen atoms in total. The van der Waals surface area contributed by atoms with Crippen molar-refractivity contribution in [2.75, 3.05) is 5.32 Å². The molecule has 5 N–H and O–H groups in total. The molecular weight excluding hydrogens is 305 g/mol. The summed E-state index contributed by atoms with van der Waals surface area (Å²) in [5.41, 5.74) is 4.71. The van der Waals surface area contributed by atoms with Crippen molar-refractivity contribution in [2.24, 2.45) is 5.73 Å². The molecule has 1 aromatic rings. The number of carbonyl (C=O) groups excluding carboxylic acids is 2. The average Bonchev–Trinajstić information content (AvgIpc) is 2.38. The molecule has 0 fully saturated rings. The minimum Gasteiger partial charge on any atom is -0.480 e. The molecule has 9 heteroatoms. The summed E-state index contributed by atoms with van der Waals surface area (Å²) in [5, 5.41) is 13.3. The number of benzene rings is 1. The predicted molar refractivity (Wildman–Crippen MR) is 73.4 cm³/mol. The Balaban J connectivity index is 2.67. The first-order valence-electron chi connectivity index (χ1n) is 5.83. The highest BCUT2D eigenvalue weighted by molar-refractivity contribution is 6.30. The van der Waals surface area contributed by atoms with Gasteiger partial charge in [0.2, 0.25) is 5.91 Å². The van der Waals surface area contributed by atoms with Crippen LogP contribution in [0.1, 0.15) is 12.8 Å². The lowest BCUT2D eigenvalue weighted by atomic mass is 10.1. The molecule has 114 valence electrons. The first-order valence-corrected chi connectivity index (χ1v) is 6.21. The number of hydrogen-bond acceptors (Lipinski definition) is 3. The number of nitrogens with two attached hydrogens (primary N) is 1. The van der Waals surface area contributed by atoms with Crippen molar-refractivity contribution in [3.8, 4) is 0 Å². The lowest BCUT2D eigenvalue weighted by Crippen LogP contribution is -2.43. The van der Waals surface area contributed by atoms with E-state index >= 15 is 0 Å². The van der Waals surface area contributed by atoms with Crippen molar-refractivity contribution in [3.05, 3.63) is 29.0 Å². The average molecular weight is 318 g/mol. The standard InChI is InChI=1S/C12H13ClFN3O4/c13-6-1-2-7(14)9(5-6)17-12(21)16-8(11(19)20)3-4-10(15)18/h1-2,5,8H,3-4H2,(H2,15,18)(H,19,20)(H2,16,17,21). The monoisotopic (exact) mass is 317 g/mol. The summed E-state index contributed by atoms with van der Waals surface area (Å²) in [5.74, 6) is -2.75. The summed E-state index contributed by atoms with van der Waals surface area (Å²) >= 11 is 5.66. The second kappa shape index (κ2) is 7.44. The van der Waals surface area contributed by atoms with E-state index < -0.39 is 29.8 Å². The maximum absolute atomic E-state index is 13.4. The zero-order valence-corrected chi connectivity index (χ0v) is 11.5. The number of nitrogens with one attached hydrogen (secondary N) is 2. The van der Waals surface area contributed by atoms with Crippen LogP contribution in [0.25, 0.3) is 0 Å². The first kappa shape index (κ1) is 16.7. The zero-order valence-electron chi connectivity index (χ0n) is 10.7. The molecule has 0 heterocycles. The molecule has 1 atom stereocenters. The van der Waals surface area contributed by atoms with Gasteiger partial charge in [0.1, 0.15) is 11.9 Å². The maximum atomic E-state index is 13.4. The number of carbonyl (C=O) groups is 3. The molecule has 0 radical (unpaired) electrons. The van der Waals surface area contributed by atoms with Crippen LogP contribution in [0.15, 0.2) is 18.2 Å². The van der Waals surface area contributed by atoms with Gasteiger partial charge in [-0.1, -0.05) is 11.6 Å². The number of aliphatic carboxylic acids is 1. The lowest BCUT2D eigenvalue weighted by molar-refractivity contribution is -0.139. The third-order valence-electron chi connectivity index (χ3n) is 2.46.